The van der Waals surface area contributed by atoms with Crippen LogP contribution in [0, 0.1) is 0 Å². The first-order valence-corrected chi connectivity index (χ1v) is 4.06. The molecule has 0 aliphatic heterocycles. The summed E-state index contributed by atoms with van der Waals surface area (Å²) in [6.07, 6.45) is -1.52. The molecule has 1 rings (SSSR count). The van der Waals surface area contributed by atoms with Crippen LogP contribution in [0.4, 0.5) is 9.59 Å². The van der Waals surface area contributed by atoms with E-state index in [0.717, 1.165) is 0 Å². The molecule has 7 heteroatoms. The summed E-state index contributed by atoms with van der Waals surface area (Å²) in [5, 5.41) is 0. The number of carbonyl (C=O) groups excluding carboxylic acids is 2. The van der Waals surface area contributed by atoms with E-state index in [1.54, 1.807) is 12.1 Å². The number of hydrogen-bond donors (Lipinski definition) is 2. The Kier molecular flexibility index (Phi) is 3.69. The van der Waals surface area contributed by atoms with Crippen molar-refractivity contribution in [2.45, 2.75) is 13.2 Å². The van der Waals surface area contributed by atoms with Gasteiger partial charge in [0.25, 0.3) is 0 Å². The Balaban J connectivity index is 2.41. The number of hydrogen-bond acceptors (Lipinski definition) is 5. The predicted molar refractivity (Wildman–Crippen MR) is 46.2 cm³/mol. The van der Waals surface area contributed by atoms with Crippen molar-refractivity contribution < 1.29 is 29.2 Å². The SMILES string of the molecule is NC(=O)OCc1ccc(COC([NH3+])=O)o1. The highest BCUT2D eigenvalue weighted by molar-refractivity contribution is 5.64. The molecule has 15 heavy (non-hydrogen) atoms. The smallest absolute Gasteiger partial charge is 0.459 e. The lowest BCUT2D eigenvalue weighted by atomic mass is 10.4. The normalized spacial score (nSPS) is 9.67. The van der Waals surface area contributed by atoms with Crippen LogP contribution < -0.4 is 11.5 Å². The fraction of sp³-hybridized carbons (Fsp3) is 0.250. The van der Waals surface area contributed by atoms with E-state index in [0.29, 0.717) is 11.5 Å². The highest BCUT2D eigenvalue weighted by atomic mass is 16.6. The largest absolute Gasteiger partial charge is 0.511 e. The molecule has 0 saturated heterocycles. The molecule has 0 aliphatic rings. The van der Waals surface area contributed by atoms with Gasteiger partial charge in [-0.05, 0) is 12.1 Å². The third kappa shape index (κ3) is 4.14. The summed E-state index contributed by atoms with van der Waals surface area (Å²) >= 11 is 0. The molecule has 1 heterocycles. The molecular formula is C8H11N2O5+. The van der Waals surface area contributed by atoms with Crippen LogP contribution in [0.25, 0.3) is 0 Å². The standard InChI is InChI=1S/C8H10N2O5/c9-7(11)13-3-5-1-2-6(15-5)4-14-8(10)12/h1-2H,3-4H2,(H2,9,11)(H2,10,12)/p+1. The number of nitrogens with two attached hydrogens (primary N) is 1. The highest BCUT2D eigenvalue weighted by Crippen LogP contribution is 2.09. The molecule has 5 N–H and O–H groups in total. The number of rotatable bonds is 4. The monoisotopic (exact) mass is 215 g/mol. The lowest BCUT2D eigenvalue weighted by Crippen LogP contribution is -2.56. The Hall–Kier alpha value is -2.02. The average Bonchev–Trinajstić information content (AvgIpc) is 2.59. The van der Waals surface area contributed by atoms with Crippen LogP contribution in [-0.4, -0.2) is 12.2 Å². The van der Waals surface area contributed by atoms with E-state index in [9.17, 15) is 9.59 Å². The molecule has 0 unspecified atom stereocenters. The van der Waals surface area contributed by atoms with Gasteiger partial charge in [0.2, 0.25) is 0 Å². The van der Waals surface area contributed by atoms with Gasteiger partial charge in [0.15, 0.2) is 13.2 Å². The van der Waals surface area contributed by atoms with E-state index in [-0.39, 0.29) is 13.2 Å². The zero-order valence-electron chi connectivity index (χ0n) is 7.89. The van der Waals surface area contributed by atoms with E-state index in [1.807, 2.05) is 0 Å². The Morgan fingerprint density at radius 2 is 1.80 bits per heavy atom. The lowest BCUT2D eigenvalue weighted by molar-refractivity contribution is -0.284. The topological polar surface area (TPSA) is 119 Å². The van der Waals surface area contributed by atoms with Crippen molar-refractivity contribution in [1.82, 2.24) is 0 Å². The maximum atomic E-state index is 10.4. The zero-order valence-corrected chi connectivity index (χ0v) is 7.89. The van der Waals surface area contributed by atoms with Gasteiger partial charge < -0.3 is 19.6 Å². The number of carbonyl (C=O) groups is 2. The van der Waals surface area contributed by atoms with Gasteiger partial charge in [-0.1, -0.05) is 0 Å². The highest BCUT2D eigenvalue weighted by Gasteiger charge is 2.06. The number of quaternary nitrogens is 1. The Bertz CT molecular complexity index is 327. The van der Waals surface area contributed by atoms with Gasteiger partial charge in [-0.2, -0.15) is 4.79 Å². The molecule has 0 bridgehead atoms. The first kappa shape index (κ1) is 11.1. The molecule has 0 radical (unpaired) electrons. The van der Waals surface area contributed by atoms with Crippen LogP contribution in [0.15, 0.2) is 16.5 Å². The number of amides is 2. The quantitative estimate of drug-likeness (QED) is 0.717. The fourth-order valence-electron chi connectivity index (χ4n) is 0.871. The first-order valence-electron chi connectivity index (χ1n) is 4.06. The summed E-state index contributed by atoms with van der Waals surface area (Å²) in [7, 11) is 0. The molecular weight excluding hydrogens is 204 g/mol. The number of furan rings is 1. The van der Waals surface area contributed by atoms with Crippen LogP contribution in [0.5, 0.6) is 0 Å². The van der Waals surface area contributed by atoms with Crippen molar-refractivity contribution in [1.29, 1.82) is 0 Å². The van der Waals surface area contributed by atoms with E-state index in [4.69, 9.17) is 10.2 Å². The molecule has 0 fully saturated rings. The predicted octanol–water partition coefficient (Wildman–Crippen LogP) is -0.247. The minimum atomic E-state index is -0.878. The fourth-order valence-corrected chi connectivity index (χ4v) is 0.871. The minimum absolute atomic E-state index is 0.00109. The van der Waals surface area contributed by atoms with Crippen molar-refractivity contribution in [3.8, 4) is 0 Å². The average molecular weight is 215 g/mol. The van der Waals surface area contributed by atoms with Gasteiger partial charge in [0.05, 0.1) is 0 Å². The van der Waals surface area contributed by atoms with Gasteiger partial charge in [-0.15, -0.1) is 0 Å². The lowest BCUT2D eigenvalue weighted by Gasteiger charge is -1.97. The minimum Gasteiger partial charge on any atom is -0.459 e. The van der Waals surface area contributed by atoms with Crippen LogP contribution in [0.1, 0.15) is 11.5 Å². The van der Waals surface area contributed by atoms with Crippen molar-refractivity contribution in [2.24, 2.45) is 5.73 Å². The van der Waals surface area contributed by atoms with E-state index in [2.05, 4.69) is 15.2 Å². The molecule has 0 aliphatic carbocycles. The van der Waals surface area contributed by atoms with Crippen LogP contribution >= 0.6 is 0 Å². The number of ether oxygens (including phenoxy) is 2. The van der Waals surface area contributed by atoms with Crippen molar-refractivity contribution in [3.63, 3.8) is 0 Å². The second kappa shape index (κ2) is 5.01. The summed E-state index contributed by atoms with van der Waals surface area (Å²) in [6, 6.07) is 3.19. The Labute approximate surface area is 84.9 Å². The van der Waals surface area contributed by atoms with Gasteiger partial charge >= 0.3 is 12.2 Å². The van der Waals surface area contributed by atoms with Crippen molar-refractivity contribution in [2.75, 3.05) is 0 Å². The second-order valence-corrected chi connectivity index (χ2v) is 2.64. The summed E-state index contributed by atoms with van der Waals surface area (Å²) in [5.41, 5.74) is 7.80. The van der Waals surface area contributed by atoms with Gasteiger partial charge in [-0.3, -0.25) is 5.73 Å². The molecule has 0 aromatic carbocycles. The summed E-state index contributed by atoms with van der Waals surface area (Å²) < 4.78 is 14.2. The van der Waals surface area contributed by atoms with E-state index < -0.39 is 12.2 Å². The summed E-state index contributed by atoms with van der Waals surface area (Å²) in [4.78, 5) is 20.7. The maximum Gasteiger partial charge on any atom is 0.511 e. The Morgan fingerprint density at radius 1 is 1.27 bits per heavy atom. The number of primary amides is 1. The van der Waals surface area contributed by atoms with Gasteiger partial charge in [-0.25, -0.2) is 4.79 Å². The van der Waals surface area contributed by atoms with Crippen molar-refractivity contribution in [3.05, 3.63) is 23.7 Å². The van der Waals surface area contributed by atoms with Crippen molar-refractivity contribution >= 4 is 12.2 Å². The van der Waals surface area contributed by atoms with Crippen LogP contribution in [0.2, 0.25) is 0 Å². The first-order chi connectivity index (χ1) is 7.08. The molecule has 0 atom stereocenters. The van der Waals surface area contributed by atoms with Gasteiger partial charge in [0.1, 0.15) is 11.5 Å². The van der Waals surface area contributed by atoms with Gasteiger partial charge in [0, 0.05) is 0 Å². The van der Waals surface area contributed by atoms with Crippen LogP contribution in [0.3, 0.4) is 0 Å². The molecule has 2 amide bonds. The summed E-state index contributed by atoms with van der Waals surface area (Å²) in [6.45, 7) is -0.0490. The molecule has 0 saturated carbocycles. The van der Waals surface area contributed by atoms with E-state index in [1.165, 1.54) is 0 Å². The third-order valence-corrected chi connectivity index (χ3v) is 1.45. The molecule has 0 spiro atoms. The molecule has 1 aromatic rings. The third-order valence-electron chi connectivity index (χ3n) is 1.45. The molecule has 82 valence electrons. The van der Waals surface area contributed by atoms with Crippen LogP contribution in [-0.2, 0) is 22.7 Å². The Morgan fingerprint density at radius 3 is 2.27 bits per heavy atom. The van der Waals surface area contributed by atoms with E-state index >= 15 is 0 Å². The maximum absolute atomic E-state index is 10.4. The molecule has 1 aromatic heterocycles. The zero-order chi connectivity index (χ0) is 11.3. The molecule has 7 nitrogen and oxygen atoms in total. The second-order valence-electron chi connectivity index (χ2n) is 2.64. The summed E-state index contributed by atoms with van der Waals surface area (Å²) in [5.74, 6) is 0.860.